The fourth-order valence-corrected chi connectivity index (χ4v) is 3.48. The Balaban J connectivity index is 1.96. The first-order chi connectivity index (χ1) is 14.2. The maximum Gasteiger partial charge on any atom is 0.279 e. The molecule has 2 aromatic carbocycles. The van der Waals surface area contributed by atoms with Crippen LogP contribution in [0, 0.1) is 5.92 Å². The minimum Gasteiger partial charge on any atom is -0.345 e. The summed E-state index contributed by atoms with van der Waals surface area (Å²) in [4.78, 5) is 26.0. The molecule has 0 aromatic heterocycles. The molecule has 2 amide bonds. The summed E-state index contributed by atoms with van der Waals surface area (Å²) >= 11 is 0. The van der Waals surface area contributed by atoms with Crippen LogP contribution in [0.5, 0.6) is 0 Å². The largest absolute Gasteiger partial charge is 0.345 e. The van der Waals surface area contributed by atoms with Gasteiger partial charge in [0.05, 0.1) is 0 Å². The van der Waals surface area contributed by atoms with Gasteiger partial charge in [-0.1, -0.05) is 52.0 Å². The molecule has 2 rings (SSSR count). The van der Waals surface area contributed by atoms with Gasteiger partial charge in [-0.25, -0.2) is 0 Å². The van der Waals surface area contributed by atoms with Gasteiger partial charge in [0.1, 0.15) is 6.04 Å². The van der Waals surface area contributed by atoms with Gasteiger partial charge in [0.25, 0.3) is 11.8 Å². The number of carbonyl (C=O) groups excluding carboxylic acids is 2. The van der Waals surface area contributed by atoms with Gasteiger partial charge in [-0.2, -0.15) is 0 Å². The molecule has 0 radical (unpaired) electrons. The molecule has 2 aromatic rings. The molecule has 0 bridgehead atoms. The molecule has 30 heavy (non-hydrogen) atoms. The highest BCUT2D eigenvalue weighted by molar-refractivity contribution is 5.95. The summed E-state index contributed by atoms with van der Waals surface area (Å²) in [6, 6.07) is 16.0. The number of rotatable bonds is 9. The average molecular weight is 411 g/mol. The molecule has 5 nitrogen and oxygen atoms in total. The SMILES string of the molecule is CC[C@H](C)c1ccc([C@@H]([NH2+]CC(=O)Nc2ccc(C(=O)N(C)C)cc2)C(C)C)cc1. The van der Waals surface area contributed by atoms with E-state index in [-0.39, 0.29) is 17.9 Å². The lowest BCUT2D eigenvalue weighted by Crippen LogP contribution is -2.88. The van der Waals surface area contributed by atoms with Crippen LogP contribution in [0.2, 0.25) is 0 Å². The van der Waals surface area contributed by atoms with E-state index in [1.54, 1.807) is 38.4 Å². The summed E-state index contributed by atoms with van der Waals surface area (Å²) in [5.74, 6) is 0.859. The average Bonchev–Trinajstić information content (AvgIpc) is 2.73. The van der Waals surface area contributed by atoms with E-state index in [1.807, 2.05) is 0 Å². The van der Waals surface area contributed by atoms with Crippen LogP contribution in [-0.2, 0) is 4.79 Å². The van der Waals surface area contributed by atoms with E-state index in [0.717, 1.165) is 6.42 Å². The molecule has 0 saturated heterocycles. The van der Waals surface area contributed by atoms with Crippen LogP contribution < -0.4 is 10.6 Å². The zero-order chi connectivity index (χ0) is 22.3. The Kier molecular flexibility index (Phi) is 8.60. The van der Waals surface area contributed by atoms with Crippen LogP contribution >= 0.6 is 0 Å². The third-order valence-corrected chi connectivity index (χ3v) is 5.60. The standard InChI is InChI=1S/C25H35N3O2/c1-7-18(4)19-8-10-20(11-9-19)24(17(2)3)26-16-23(29)27-22-14-12-21(13-15-22)25(30)28(5)6/h8-15,17-18,24,26H,7,16H2,1-6H3,(H,27,29)/p+1/t18-,24-/m0/s1. The number of benzene rings is 2. The highest BCUT2D eigenvalue weighted by Gasteiger charge is 2.21. The summed E-state index contributed by atoms with van der Waals surface area (Å²) in [6.07, 6.45) is 1.13. The van der Waals surface area contributed by atoms with E-state index in [1.165, 1.54) is 16.0 Å². The Morgan fingerprint density at radius 2 is 1.50 bits per heavy atom. The number of anilines is 1. The second kappa shape index (κ2) is 10.9. The molecule has 162 valence electrons. The van der Waals surface area contributed by atoms with E-state index < -0.39 is 0 Å². The maximum absolute atomic E-state index is 12.5. The number of hydrogen-bond acceptors (Lipinski definition) is 2. The van der Waals surface area contributed by atoms with E-state index in [0.29, 0.717) is 29.6 Å². The van der Waals surface area contributed by atoms with E-state index >= 15 is 0 Å². The van der Waals surface area contributed by atoms with Crippen molar-refractivity contribution in [1.82, 2.24) is 4.90 Å². The van der Waals surface area contributed by atoms with Gasteiger partial charge in [0.2, 0.25) is 0 Å². The number of nitrogens with one attached hydrogen (secondary N) is 1. The van der Waals surface area contributed by atoms with E-state index in [2.05, 4.69) is 62.6 Å². The second-order valence-corrected chi connectivity index (χ2v) is 8.51. The van der Waals surface area contributed by atoms with E-state index in [4.69, 9.17) is 0 Å². The van der Waals surface area contributed by atoms with Crippen molar-refractivity contribution < 1.29 is 14.9 Å². The van der Waals surface area contributed by atoms with Crippen molar-refractivity contribution in [2.24, 2.45) is 5.92 Å². The zero-order valence-electron chi connectivity index (χ0n) is 19.1. The van der Waals surface area contributed by atoms with Crippen molar-refractivity contribution in [3.63, 3.8) is 0 Å². The van der Waals surface area contributed by atoms with Crippen molar-refractivity contribution in [2.45, 2.75) is 46.1 Å². The topological polar surface area (TPSA) is 66.0 Å². The number of carbonyl (C=O) groups is 2. The van der Waals surface area contributed by atoms with Crippen molar-refractivity contribution in [2.75, 3.05) is 26.0 Å². The number of nitrogens with two attached hydrogens (primary N) is 1. The van der Waals surface area contributed by atoms with Gasteiger partial charge in [-0.15, -0.1) is 0 Å². The number of amides is 2. The fourth-order valence-electron chi connectivity index (χ4n) is 3.48. The molecule has 0 unspecified atom stereocenters. The normalized spacial score (nSPS) is 13.0. The van der Waals surface area contributed by atoms with Crippen LogP contribution in [0.1, 0.15) is 67.6 Å². The lowest BCUT2D eigenvalue weighted by molar-refractivity contribution is -0.692. The van der Waals surface area contributed by atoms with Crippen LogP contribution in [0.4, 0.5) is 5.69 Å². The van der Waals surface area contributed by atoms with Crippen molar-refractivity contribution in [3.8, 4) is 0 Å². The molecule has 0 saturated carbocycles. The number of hydrogen-bond donors (Lipinski definition) is 2. The van der Waals surface area contributed by atoms with Crippen molar-refractivity contribution in [1.29, 1.82) is 0 Å². The van der Waals surface area contributed by atoms with Gasteiger partial charge in [0.15, 0.2) is 6.54 Å². The monoisotopic (exact) mass is 410 g/mol. The molecule has 0 aliphatic carbocycles. The van der Waals surface area contributed by atoms with Gasteiger partial charge < -0.3 is 15.5 Å². The van der Waals surface area contributed by atoms with Crippen LogP contribution in [0.25, 0.3) is 0 Å². The third-order valence-electron chi connectivity index (χ3n) is 5.60. The van der Waals surface area contributed by atoms with Crippen molar-refractivity contribution >= 4 is 17.5 Å². The molecular formula is C25H36N3O2+. The second-order valence-electron chi connectivity index (χ2n) is 8.51. The maximum atomic E-state index is 12.5. The summed E-state index contributed by atoms with van der Waals surface area (Å²) in [5, 5.41) is 5.02. The van der Waals surface area contributed by atoms with Gasteiger partial charge in [-0.05, 0) is 42.2 Å². The first-order valence-electron chi connectivity index (χ1n) is 10.8. The molecule has 5 heteroatoms. The number of nitrogens with zero attached hydrogens (tertiary/aromatic N) is 1. The number of quaternary nitrogens is 1. The third kappa shape index (κ3) is 6.42. The predicted octanol–water partition coefficient (Wildman–Crippen LogP) is 3.80. The van der Waals surface area contributed by atoms with Gasteiger partial charge >= 0.3 is 0 Å². The lowest BCUT2D eigenvalue weighted by atomic mass is 9.92. The molecular weight excluding hydrogens is 374 g/mol. The Labute approximate surface area is 180 Å². The Morgan fingerprint density at radius 3 is 2.00 bits per heavy atom. The minimum atomic E-state index is -0.0552. The highest BCUT2D eigenvalue weighted by atomic mass is 16.2. The van der Waals surface area contributed by atoms with Crippen LogP contribution in [0.15, 0.2) is 48.5 Å². The van der Waals surface area contributed by atoms with Crippen molar-refractivity contribution in [3.05, 3.63) is 65.2 Å². The molecule has 0 aliphatic rings. The quantitative estimate of drug-likeness (QED) is 0.660. The molecule has 0 spiro atoms. The first-order valence-corrected chi connectivity index (χ1v) is 10.8. The lowest BCUT2D eigenvalue weighted by Gasteiger charge is -2.20. The molecule has 0 aliphatic heterocycles. The summed E-state index contributed by atoms with van der Waals surface area (Å²) in [5.41, 5.74) is 3.90. The smallest absolute Gasteiger partial charge is 0.279 e. The summed E-state index contributed by atoms with van der Waals surface area (Å²) in [6.45, 7) is 9.16. The van der Waals surface area contributed by atoms with Crippen LogP contribution in [0.3, 0.4) is 0 Å². The highest BCUT2D eigenvalue weighted by Crippen LogP contribution is 2.23. The van der Waals surface area contributed by atoms with Gasteiger partial charge in [0, 0.05) is 36.8 Å². The molecule has 3 N–H and O–H groups in total. The fraction of sp³-hybridized carbons (Fsp3) is 0.440. The molecule has 2 atom stereocenters. The Bertz CT molecular complexity index is 826. The summed E-state index contributed by atoms with van der Waals surface area (Å²) in [7, 11) is 3.44. The minimum absolute atomic E-state index is 0.0523. The van der Waals surface area contributed by atoms with E-state index in [9.17, 15) is 9.59 Å². The Hall–Kier alpha value is -2.66. The summed E-state index contributed by atoms with van der Waals surface area (Å²) < 4.78 is 0. The van der Waals surface area contributed by atoms with Gasteiger partial charge in [-0.3, -0.25) is 9.59 Å². The van der Waals surface area contributed by atoms with Crippen LogP contribution in [-0.4, -0.2) is 37.4 Å². The Morgan fingerprint density at radius 1 is 0.933 bits per heavy atom. The predicted molar refractivity (Wildman–Crippen MR) is 123 cm³/mol. The first kappa shape index (κ1) is 23.6. The molecule has 0 heterocycles. The zero-order valence-corrected chi connectivity index (χ0v) is 19.1. The molecule has 0 fully saturated rings.